The van der Waals surface area contributed by atoms with E-state index in [1.165, 1.54) is 0 Å². The van der Waals surface area contributed by atoms with Gasteiger partial charge in [0.15, 0.2) is 0 Å². The monoisotopic (exact) mass is 272 g/mol. The average Bonchev–Trinajstić information content (AvgIpc) is 2.14. The maximum atomic E-state index is 12.4. The minimum absolute atomic E-state index is 0.153. The molecular weight excluding hydrogens is 262 g/mol. The fourth-order valence-corrected chi connectivity index (χ4v) is 2.34. The van der Waals surface area contributed by atoms with Crippen molar-refractivity contribution in [3.05, 3.63) is 29.3 Å². The zero-order chi connectivity index (χ0) is 13.4. The lowest BCUT2D eigenvalue weighted by atomic mass is 10.1. The molecule has 0 nitrogen and oxygen atoms in total. The van der Waals surface area contributed by atoms with Crippen LogP contribution < -0.4 is 5.19 Å². The van der Waals surface area contributed by atoms with Crippen LogP contribution in [-0.4, -0.2) is 8.80 Å². The molecule has 0 saturated heterocycles. The van der Waals surface area contributed by atoms with Gasteiger partial charge in [-0.25, -0.2) is 0 Å². The Morgan fingerprint density at radius 1 is 0.765 bits per heavy atom. The van der Waals surface area contributed by atoms with Crippen molar-refractivity contribution in [3.63, 3.8) is 0 Å². The first kappa shape index (κ1) is 14.1. The Bertz CT molecular complexity index is 372. The van der Waals surface area contributed by atoms with Gasteiger partial charge in [0.1, 0.15) is 0 Å². The SMILES string of the molecule is C[SiH](C)c1cc(C(F)(F)F)cc(C(F)(F)F)c1. The van der Waals surface area contributed by atoms with Crippen molar-refractivity contribution in [2.24, 2.45) is 0 Å². The zero-order valence-electron chi connectivity index (χ0n) is 9.08. The molecule has 0 amide bonds. The van der Waals surface area contributed by atoms with Crippen LogP contribution in [0.3, 0.4) is 0 Å². The number of alkyl halides is 6. The van der Waals surface area contributed by atoms with Crippen LogP contribution in [0.1, 0.15) is 11.1 Å². The lowest BCUT2D eigenvalue weighted by Gasteiger charge is -2.15. The Kier molecular flexibility index (Phi) is 3.61. The summed E-state index contributed by atoms with van der Waals surface area (Å²) in [5.74, 6) is 0. The highest BCUT2D eigenvalue weighted by atomic mass is 28.3. The van der Waals surface area contributed by atoms with Gasteiger partial charge < -0.3 is 0 Å². The average molecular weight is 272 g/mol. The highest BCUT2D eigenvalue weighted by Crippen LogP contribution is 2.34. The topological polar surface area (TPSA) is 0 Å². The van der Waals surface area contributed by atoms with E-state index in [-0.39, 0.29) is 11.3 Å². The van der Waals surface area contributed by atoms with Crippen LogP contribution >= 0.6 is 0 Å². The maximum absolute atomic E-state index is 12.4. The lowest BCUT2D eigenvalue weighted by molar-refractivity contribution is -0.142. The Hall–Kier alpha value is -0.983. The summed E-state index contributed by atoms with van der Waals surface area (Å²) in [6.07, 6.45) is -9.50. The van der Waals surface area contributed by atoms with Crippen molar-refractivity contribution >= 4 is 14.0 Å². The third-order valence-corrected chi connectivity index (χ3v) is 3.94. The Labute approximate surface area is 95.9 Å². The molecule has 0 bridgehead atoms. The maximum Gasteiger partial charge on any atom is 0.416 e. The van der Waals surface area contributed by atoms with Gasteiger partial charge in [0.25, 0.3) is 0 Å². The summed E-state index contributed by atoms with van der Waals surface area (Å²) < 4.78 is 74.7. The number of rotatable bonds is 1. The van der Waals surface area contributed by atoms with Gasteiger partial charge in [0.05, 0.1) is 19.9 Å². The van der Waals surface area contributed by atoms with Gasteiger partial charge in [0, 0.05) is 0 Å². The van der Waals surface area contributed by atoms with E-state index in [0.29, 0.717) is 0 Å². The highest BCUT2D eigenvalue weighted by molar-refractivity contribution is 6.70. The van der Waals surface area contributed by atoms with E-state index in [0.717, 1.165) is 12.1 Å². The molecule has 0 aliphatic heterocycles. The largest absolute Gasteiger partial charge is 0.416 e. The molecule has 0 saturated carbocycles. The van der Waals surface area contributed by atoms with Crippen LogP contribution in [0.2, 0.25) is 13.1 Å². The van der Waals surface area contributed by atoms with Gasteiger partial charge in [-0.1, -0.05) is 30.4 Å². The Morgan fingerprint density at radius 2 is 1.12 bits per heavy atom. The second-order valence-electron chi connectivity index (χ2n) is 3.99. The van der Waals surface area contributed by atoms with Gasteiger partial charge in [0.2, 0.25) is 0 Å². The molecule has 0 aromatic heterocycles. The summed E-state index contributed by atoms with van der Waals surface area (Å²) in [5, 5.41) is 0.159. The van der Waals surface area contributed by atoms with Gasteiger partial charge >= 0.3 is 12.4 Å². The van der Waals surface area contributed by atoms with E-state index >= 15 is 0 Å². The van der Waals surface area contributed by atoms with E-state index in [9.17, 15) is 26.3 Å². The molecule has 0 unspecified atom stereocenters. The summed E-state index contributed by atoms with van der Waals surface area (Å²) in [6.45, 7) is 3.35. The van der Waals surface area contributed by atoms with Crippen molar-refractivity contribution < 1.29 is 26.3 Å². The standard InChI is InChI=1S/C10H10F6Si/c1-17(2)8-4-6(9(11,12)13)3-7(5-8)10(14,15)16/h3-5,17H,1-2H3. The molecule has 96 valence electrons. The second kappa shape index (κ2) is 4.36. The van der Waals surface area contributed by atoms with E-state index in [2.05, 4.69) is 0 Å². The van der Waals surface area contributed by atoms with Crippen LogP contribution in [-0.2, 0) is 12.4 Å². The molecule has 0 spiro atoms. The molecule has 7 heteroatoms. The van der Waals surface area contributed by atoms with Crippen molar-refractivity contribution in [3.8, 4) is 0 Å². The minimum Gasteiger partial charge on any atom is -0.166 e. The zero-order valence-corrected chi connectivity index (χ0v) is 10.2. The van der Waals surface area contributed by atoms with Crippen LogP contribution in [0.4, 0.5) is 26.3 Å². The van der Waals surface area contributed by atoms with Crippen LogP contribution in [0, 0.1) is 0 Å². The molecule has 0 fully saturated rings. The fraction of sp³-hybridized carbons (Fsp3) is 0.400. The normalized spacial score (nSPS) is 13.2. The van der Waals surface area contributed by atoms with E-state index in [1.807, 2.05) is 0 Å². The number of benzene rings is 1. The lowest BCUT2D eigenvalue weighted by Crippen LogP contribution is -2.26. The third-order valence-electron chi connectivity index (χ3n) is 2.28. The molecule has 17 heavy (non-hydrogen) atoms. The van der Waals surface area contributed by atoms with Crippen molar-refractivity contribution in [2.45, 2.75) is 25.4 Å². The van der Waals surface area contributed by atoms with E-state index < -0.39 is 32.3 Å². The van der Waals surface area contributed by atoms with Gasteiger partial charge in [-0.3, -0.25) is 0 Å². The van der Waals surface area contributed by atoms with Crippen LogP contribution in [0.5, 0.6) is 0 Å². The predicted molar refractivity (Wildman–Crippen MR) is 55.0 cm³/mol. The van der Waals surface area contributed by atoms with Gasteiger partial charge in [-0.15, -0.1) is 0 Å². The summed E-state index contributed by atoms with van der Waals surface area (Å²) >= 11 is 0. The first-order valence-electron chi connectivity index (χ1n) is 4.81. The second-order valence-corrected chi connectivity index (χ2v) is 6.97. The first-order chi connectivity index (χ1) is 7.51. The number of halogens is 6. The summed E-state index contributed by atoms with van der Waals surface area (Å²) in [5.41, 5.74) is -2.47. The number of hydrogen-bond donors (Lipinski definition) is 0. The van der Waals surface area contributed by atoms with Crippen LogP contribution in [0.15, 0.2) is 18.2 Å². The molecule has 0 heterocycles. The number of hydrogen-bond acceptors (Lipinski definition) is 0. The predicted octanol–water partition coefficient (Wildman–Crippen LogP) is 3.42. The van der Waals surface area contributed by atoms with Crippen molar-refractivity contribution in [2.75, 3.05) is 0 Å². The molecular formula is C10H10F6Si. The highest BCUT2D eigenvalue weighted by Gasteiger charge is 2.36. The molecule has 0 radical (unpaired) electrons. The van der Waals surface area contributed by atoms with E-state index in [4.69, 9.17) is 0 Å². The molecule has 0 aliphatic rings. The Morgan fingerprint density at radius 3 is 1.35 bits per heavy atom. The van der Waals surface area contributed by atoms with Crippen LogP contribution in [0.25, 0.3) is 0 Å². The first-order valence-corrected chi connectivity index (χ1v) is 7.70. The van der Waals surface area contributed by atoms with E-state index in [1.54, 1.807) is 13.1 Å². The molecule has 1 rings (SSSR count). The molecule has 0 aliphatic carbocycles. The molecule has 0 N–H and O–H groups in total. The summed E-state index contributed by atoms with van der Waals surface area (Å²) in [7, 11) is -1.73. The minimum atomic E-state index is -4.75. The Balaban J connectivity index is 3.40. The van der Waals surface area contributed by atoms with Crippen molar-refractivity contribution in [1.29, 1.82) is 0 Å². The quantitative estimate of drug-likeness (QED) is 0.543. The van der Waals surface area contributed by atoms with Gasteiger partial charge in [-0.2, -0.15) is 26.3 Å². The smallest absolute Gasteiger partial charge is 0.166 e. The summed E-state index contributed by atoms with van der Waals surface area (Å²) in [4.78, 5) is 0. The van der Waals surface area contributed by atoms with Gasteiger partial charge in [-0.05, 0) is 6.07 Å². The summed E-state index contributed by atoms with van der Waals surface area (Å²) in [6, 6.07) is 1.78. The fourth-order valence-electron chi connectivity index (χ4n) is 1.31. The molecule has 0 atom stereocenters. The molecule has 1 aromatic rings. The third kappa shape index (κ3) is 3.49. The van der Waals surface area contributed by atoms with Crippen molar-refractivity contribution in [1.82, 2.24) is 0 Å². The molecule has 1 aromatic carbocycles.